The summed E-state index contributed by atoms with van der Waals surface area (Å²) in [6.45, 7) is 2.71. The Labute approximate surface area is 113 Å². The number of hydrogen-bond acceptors (Lipinski definition) is 3. The molecule has 0 fully saturated rings. The number of aryl methyl sites for hydroxylation is 1. The van der Waals surface area contributed by atoms with Crippen molar-refractivity contribution in [3.05, 3.63) is 53.6 Å². The Morgan fingerprint density at radius 3 is 2.58 bits per heavy atom. The van der Waals surface area contributed by atoms with Crippen molar-refractivity contribution < 1.29 is 4.39 Å². The van der Waals surface area contributed by atoms with Gasteiger partial charge < -0.3 is 10.2 Å². The molecule has 4 heteroatoms. The highest BCUT2D eigenvalue weighted by Gasteiger charge is 2.10. The van der Waals surface area contributed by atoms with Crippen LogP contribution in [0.4, 0.5) is 15.8 Å². The Hall–Kier alpha value is -1.94. The molecule has 0 bridgehead atoms. The topological polar surface area (TPSA) is 28.2 Å². The number of benzene rings is 1. The number of hydrogen-bond donors (Lipinski definition) is 1. The van der Waals surface area contributed by atoms with Crippen molar-refractivity contribution in [2.75, 3.05) is 19.0 Å². The van der Waals surface area contributed by atoms with Gasteiger partial charge in [-0.15, -0.1) is 0 Å². The van der Waals surface area contributed by atoms with Gasteiger partial charge in [0, 0.05) is 42.4 Å². The third-order valence-corrected chi connectivity index (χ3v) is 3.04. The van der Waals surface area contributed by atoms with Crippen LogP contribution in [0, 0.1) is 12.7 Å². The van der Waals surface area contributed by atoms with Crippen LogP contribution < -0.4 is 10.2 Å². The summed E-state index contributed by atoms with van der Waals surface area (Å²) in [4.78, 5) is 6.36. The van der Waals surface area contributed by atoms with E-state index in [1.807, 2.05) is 38.2 Å². The zero-order valence-electron chi connectivity index (χ0n) is 11.4. The lowest BCUT2D eigenvalue weighted by Gasteiger charge is -2.23. The second-order valence-electron chi connectivity index (χ2n) is 4.52. The number of rotatable bonds is 4. The molecule has 0 atom stereocenters. The van der Waals surface area contributed by atoms with Gasteiger partial charge >= 0.3 is 0 Å². The number of halogens is 1. The monoisotopic (exact) mass is 259 g/mol. The van der Waals surface area contributed by atoms with Crippen molar-refractivity contribution >= 4 is 11.4 Å². The van der Waals surface area contributed by atoms with Crippen molar-refractivity contribution in [1.29, 1.82) is 0 Å². The largest absolute Gasteiger partial charge is 0.344 e. The van der Waals surface area contributed by atoms with Gasteiger partial charge in [0.25, 0.3) is 0 Å². The number of anilines is 2. The first kappa shape index (κ1) is 13.5. The van der Waals surface area contributed by atoms with Crippen LogP contribution in [0.2, 0.25) is 0 Å². The lowest BCUT2D eigenvalue weighted by molar-refractivity contribution is 0.628. The molecule has 3 nitrogen and oxygen atoms in total. The van der Waals surface area contributed by atoms with E-state index in [0.717, 1.165) is 29.2 Å². The van der Waals surface area contributed by atoms with Crippen molar-refractivity contribution in [3.63, 3.8) is 0 Å². The molecule has 0 spiro atoms. The summed E-state index contributed by atoms with van der Waals surface area (Å²) >= 11 is 0. The molecular formula is C15H18FN3. The van der Waals surface area contributed by atoms with Gasteiger partial charge in [0.15, 0.2) is 0 Å². The molecule has 2 aromatic rings. The quantitative estimate of drug-likeness (QED) is 0.914. The van der Waals surface area contributed by atoms with E-state index < -0.39 is 0 Å². The molecule has 100 valence electrons. The summed E-state index contributed by atoms with van der Waals surface area (Å²) in [6, 6.07) is 8.52. The summed E-state index contributed by atoms with van der Waals surface area (Å²) < 4.78 is 13.0. The maximum atomic E-state index is 13.0. The van der Waals surface area contributed by atoms with Gasteiger partial charge in [0.2, 0.25) is 0 Å². The zero-order valence-corrected chi connectivity index (χ0v) is 11.4. The van der Waals surface area contributed by atoms with Gasteiger partial charge in [-0.3, -0.25) is 4.98 Å². The van der Waals surface area contributed by atoms with Crippen LogP contribution >= 0.6 is 0 Å². The van der Waals surface area contributed by atoms with E-state index in [2.05, 4.69) is 10.3 Å². The van der Waals surface area contributed by atoms with E-state index in [0.29, 0.717) is 0 Å². The van der Waals surface area contributed by atoms with Gasteiger partial charge in [-0.25, -0.2) is 4.39 Å². The van der Waals surface area contributed by atoms with Crippen LogP contribution in [0.15, 0.2) is 36.5 Å². The highest BCUT2D eigenvalue weighted by molar-refractivity contribution is 5.65. The number of pyridine rings is 1. The molecule has 0 aliphatic carbocycles. The van der Waals surface area contributed by atoms with Gasteiger partial charge in [0.1, 0.15) is 5.82 Å². The number of aromatic nitrogens is 1. The molecule has 1 aromatic carbocycles. The average Bonchev–Trinajstić information content (AvgIpc) is 2.41. The Morgan fingerprint density at radius 2 is 1.95 bits per heavy atom. The normalized spacial score (nSPS) is 10.5. The van der Waals surface area contributed by atoms with E-state index >= 15 is 0 Å². The molecule has 0 aliphatic heterocycles. The lowest BCUT2D eigenvalue weighted by Crippen LogP contribution is -2.15. The molecule has 1 heterocycles. The van der Waals surface area contributed by atoms with E-state index in [1.165, 1.54) is 12.1 Å². The third-order valence-electron chi connectivity index (χ3n) is 3.04. The SMILES string of the molecule is CNCc1cnc(C)cc1N(C)c1ccc(F)cc1. The predicted molar refractivity (Wildman–Crippen MR) is 76.2 cm³/mol. The fraction of sp³-hybridized carbons (Fsp3) is 0.267. The zero-order chi connectivity index (χ0) is 13.8. The lowest BCUT2D eigenvalue weighted by atomic mass is 10.1. The van der Waals surface area contributed by atoms with Crippen molar-refractivity contribution in [1.82, 2.24) is 10.3 Å². The van der Waals surface area contributed by atoms with Crippen LogP contribution in [-0.4, -0.2) is 19.1 Å². The highest BCUT2D eigenvalue weighted by Crippen LogP contribution is 2.27. The molecule has 2 rings (SSSR count). The van der Waals surface area contributed by atoms with Crippen LogP contribution in [0.5, 0.6) is 0 Å². The first-order valence-electron chi connectivity index (χ1n) is 6.21. The van der Waals surface area contributed by atoms with Gasteiger partial charge in [0.05, 0.1) is 0 Å². The smallest absolute Gasteiger partial charge is 0.123 e. The second-order valence-corrected chi connectivity index (χ2v) is 4.52. The van der Waals surface area contributed by atoms with Crippen molar-refractivity contribution in [2.45, 2.75) is 13.5 Å². The van der Waals surface area contributed by atoms with E-state index in [4.69, 9.17) is 0 Å². The van der Waals surface area contributed by atoms with Crippen molar-refractivity contribution in [2.24, 2.45) is 0 Å². The highest BCUT2D eigenvalue weighted by atomic mass is 19.1. The van der Waals surface area contributed by atoms with Gasteiger partial charge in [-0.1, -0.05) is 0 Å². The molecule has 0 saturated carbocycles. The summed E-state index contributed by atoms with van der Waals surface area (Å²) in [5, 5.41) is 3.13. The Kier molecular flexibility index (Phi) is 4.12. The molecule has 0 unspecified atom stereocenters. The first-order valence-corrected chi connectivity index (χ1v) is 6.21. The minimum absolute atomic E-state index is 0.224. The summed E-state index contributed by atoms with van der Waals surface area (Å²) in [5.41, 5.74) is 4.10. The van der Waals surface area contributed by atoms with Crippen molar-refractivity contribution in [3.8, 4) is 0 Å². The molecule has 0 radical (unpaired) electrons. The maximum Gasteiger partial charge on any atom is 0.123 e. The third kappa shape index (κ3) is 3.09. The molecule has 0 amide bonds. The molecule has 0 aliphatic rings. The molecular weight excluding hydrogens is 241 g/mol. The summed E-state index contributed by atoms with van der Waals surface area (Å²) in [6.07, 6.45) is 1.88. The summed E-state index contributed by atoms with van der Waals surface area (Å²) in [5.74, 6) is -0.224. The van der Waals surface area contributed by atoms with Crippen LogP contribution in [-0.2, 0) is 6.54 Å². The number of nitrogens with one attached hydrogen (secondary N) is 1. The van der Waals surface area contributed by atoms with E-state index in [1.54, 1.807) is 12.1 Å². The van der Waals surface area contributed by atoms with Crippen LogP contribution in [0.1, 0.15) is 11.3 Å². The van der Waals surface area contributed by atoms with Crippen LogP contribution in [0.25, 0.3) is 0 Å². The molecule has 0 saturated heterocycles. The Balaban J connectivity index is 2.39. The first-order chi connectivity index (χ1) is 9.11. The standard InChI is InChI=1S/C15H18FN3/c1-11-8-15(12(9-17-2)10-18-11)19(3)14-6-4-13(16)5-7-14/h4-8,10,17H,9H2,1-3H3. The molecule has 19 heavy (non-hydrogen) atoms. The minimum Gasteiger partial charge on any atom is -0.344 e. The molecule has 1 N–H and O–H groups in total. The van der Waals surface area contributed by atoms with E-state index in [-0.39, 0.29) is 5.82 Å². The van der Waals surface area contributed by atoms with Gasteiger partial charge in [-0.2, -0.15) is 0 Å². The van der Waals surface area contributed by atoms with Gasteiger partial charge in [-0.05, 0) is 44.3 Å². The number of nitrogens with zero attached hydrogens (tertiary/aromatic N) is 2. The Morgan fingerprint density at radius 1 is 1.26 bits per heavy atom. The average molecular weight is 259 g/mol. The van der Waals surface area contributed by atoms with E-state index in [9.17, 15) is 4.39 Å². The predicted octanol–water partition coefficient (Wildman–Crippen LogP) is 3.02. The van der Waals surface area contributed by atoms with Crippen LogP contribution in [0.3, 0.4) is 0 Å². The fourth-order valence-electron chi connectivity index (χ4n) is 2.02. The Bertz CT molecular complexity index is 552. The maximum absolute atomic E-state index is 13.0. The fourth-order valence-corrected chi connectivity index (χ4v) is 2.02. The minimum atomic E-state index is -0.224. The second kappa shape index (κ2) is 5.80. The molecule has 1 aromatic heterocycles. The summed E-state index contributed by atoms with van der Waals surface area (Å²) in [7, 11) is 3.88.